The van der Waals surface area contributed by atoms with Gasteiger partial charge in [-0.25, -0.2) is 0 Å². The molecule has 1 aromatic carbocycles. The molecule has 0 aromatic heterocycles. The normalized spacial score (nSPS) is 19.4. The summed E-state index contributed by atoms with van der Waals surface area (Å²) in [6.45, 7) is 2.02. The van der Waals surface area contributed by atoms with Gasteiger partial charge in [-0.05, 0) is 17.5 Å². The maximum absolute atomic E-state index is 11.5. The molecule has 72 valence electrons. The van der Waals surface area contributed by atoms with Crippen molar-refractivity contribution in [3.63, 3.8) is 0 Å². The average molecular weight is 187 g/mol. The van der Waals surface area contributed by atoms with Gasteiger partial charge >= 0.3 is 0 Å². The van der Waals surface area contributed by atoms with Crippen LogP contribution in [0, 0.1) is 0 Å². The van der Waals surface area contributed by atoms with Crippen LogP contribution in [0.5, 0.6) is 0 Å². The number of hydrogen-bond acceptors (Lipinski definition) is 2. The first-order valence-corrected chi connectivity index (χ1v) is 5.22. The number of ketones is 1. The van der Waals surface area contributed by atoms with E-state index in [4.69, 9.17) is 0 Å². The van der Waals surface area contributed by atoms with Crippen molar-refractivity contribution in [3.05, 3.63) is 29.3 Å². The summed E-state index contributed by atoms with van der Waals surface area (Å²) >= 11 is 0. The van der Waals surface area contributed by atoms with Gasteiger partial charge in [0.1, 0.15) is 5.78 Å². The van der Waals surface area contributed by atoms with Crippen LogP contribution in [-0.4, -0.2) is 18.9 Å². The van der Waals surface area contributed by atoms with Gasteiger partial charge in [-0.3, -0.25) is 4.79 Å². The fraction of sp³-hybridized carbons (Fsp3) is 0.417. The molecule has 0 saturated carbocycles. The fourth-order valence-corrected chi connectivity index (χ4v) is 2.55. The van der Waals surface area contributed by atoms with E-state index in [-0.39, 0.29) is 0 Å². The van der Waals surface area contributed by atoms with Gasteiger partial charge in [0.15, 0.2) is 0 Å². The first kappa shape index (κ1) is 8.04. The van der Waals surface area contributed by atoms with Crippen LogP contribution in [0.25, 0.3) is 0 Å². The zero-order valence-corrected chi connectivity index (χ0v) is 8.12. The van der Waals surface area contributed by atoms with E-state index in [1.165, 1.54) is 16.8 Å². The lowest BCUT2D eigenvalue weighted by Crippen LogP contribution is -2.21. The number of carbonyl (C=O) groups is 1. The number of Topliss-reactive ketones (excluding diaryl/α,β-unsaturated/α-hetero) is 1. The number of carbonyl (C=O) groups excluding carboxylic acids is 1. The second-order valence-corrected chi connectivity index (χ2v) is 4.13. The van der Waals surface area contributed by atoms with Gasteiger partial charge in [-0.1, -0.05) is 18.2 Å². The van der Waals surface area contributed by atoms with Crippen molar-refractivity contribution in [1.29, 1.82) is 0 Å². The van der Waals surface area contributed by atoms with E-state index in [9.17, 15) is 4.79 Å². The molecule has 2 aliphatic heterocycles. The minimum absolute atomic E-state index is 0.382. The zero-order valence-electron chi connectivity index (χ0n) is 8.12. The molecule has 14 heavy (non-hydrogen) atoms. The van der Waals surface area contributed by atoms with Crippen LogP contribution in [0.3, 0.4) is 0 Å². The van der Waals surface area contributed by atoms with Gasteiger partial charge in [-0.15, -0.1) is 0 Å². The molecule has 0 spiro atoms. The first-order valence-electron chi connectivity index (χ1n) is 5.22. The third kappa shape index (κ3) is 1.07. The summed E-state index contributed by atoms with van der Waals surface area (Å²) in [5, 5.41) is 0. The Kier molecular flexibility index (Phi) is 1.63. The van der Waals surface area contributed by atoms with Crippen LogP contribution in [0.1, 0.15) is 17.5 Å². The predicted molar refractivity (Wildman–Crippen MR) is 55.7 cm³/mol. The summed E-state index contributed by atoms with van der Waals surface area (Å²) in [6.07, 6.45) is 2.51. The summed E-state index contributed by atoms with van der Waals surface area (Å²) in [4.78, 5) is 13.9. The molecule has 0 aliphatic carbocycles. The van der Waals surface area contributed by atoms with E-state index in [2.05, 4.69) is 23.1 Å². The second kappa shape index (κ2) is 2.84. The van der Waals surface area contributed by atoms with E-state index in [0.717, 1.165) is 19.5 Å². The highest BCUT2D eigenvalue weighted by molar-refractivity contribution is 5.85. The van der Waals surface area contributed by atoms with E-state index < -0.39 is 0 Å². The Morgan fingerprint density at radius 2 is 1.86 bits per heavy atom. The van der Waals surface area contributed by atoms with Crippen molar-refractivity contribution >= 4 is 11.5 Å². The van der Waals surface area contributed by atoms with Gasteiger partial charge in [0.2, 0.25) is 0 Å². The van der Waals surface area contributed by atoms with E-state index in [1.54, 1.807) is 0 Å². The maximum Gasteiger partial charge on any atom is 0.139 e. The molecule has 0 atom stereocenters. The van der Waals surface area contributed by atoms with Crippen LogP contribution in [0.4, 0.5) is 5.69 Å². The Labute approximate surface area is 83.5 Å². The molecule has 1 aromatic rings. The van der Waals surface area contributed by atoms with Crippen molar-refractivity contribution in [2.24, 2.45) is 0 Å². The van der Waals surface area contributed by atoms with Crippen LogP contribution >= 0.6 is 0 Å². The van der Waals surface area contributed by atoms with Crippen LogP contribution in [0.15, 0.2) is 18.2 Å². The standard InChI is InChI=1S/C12H13NO/c14-11-5-7-13-6-4-9-2-1-3-10(8-11)12(9)13/h1-3H,4-8H2. The largest absolute Gasteiger partial charge is 0.370 e. The lowest BCUT2D eigenvalue weighted by Gasteiger charge is -2.18. The Balaban J connectivity index is 2.16. The molecule has 0 fully saturated rings. The number of nitrogens with zero attached hydrogens (tertiary/aromatic N) is 1. The van der Waals surface area contributed by atoms with Crippen molar-refractivity contribution in [2.75, 3.05) is 18.0 Å². The van der Waals surface area contributed by atoms with Crippen LogP contribution in [-0.2, 0) is 17.6 Å². The number of para-hydroxylation sites is 1. The van der Waals surface area contributed by atoms with E-state index in [0.29, 0.717) is 18.6 Å². The zero-order chi connectivity index (χ0) is 9.54. The van der Waals surface area contributed by atoms with E-state index in [1.807, 2.05) is 0 Å². The molecule has 0 bridgehead atoms. The van der Waals surface area contributed by atoms with Gasteiger partial charge in [0, 0.05) is 31.6 Å². The smallest absolute Gasteiger partial charge is 0.139 e. The highest BCUT2D eigenvalue weighted by atomic mass is 16.1. The molecule has 2 heteroatoms. The third-order valence-corrected chi connectivity index (χ3v) is 3.22. The lowest BCUT2D eigenvalue weighted by molar-refractivity contribution is -0.118. The molecule has 2 aliphatic rings. The molecule has 0 N–H and O–H groups in total. The number of benzene rings is 1. The summed E-state index contributed by atoms with van der Waals surface area (Å²) < 4.78 is 0. The number of rotatable bonds is 0. The van der Waals surface area contributed by atoms with Gasteiger partial charge < -0.3 is 4.90 Å². The van der Waals surface area contributed by atoms with Gasteiger partial charge in [0.25, 0.3) is 0 Å². The van der Waals surface area contributed by atoms with Crippen molar-refractivity contribution in [2.45, 2.75) is 19.3 Å². The summed E-state index contributed by atoms with van der Waals surface area (Å²) in [5.74, 6) is 0.382. The highest BCUT2D eigenvalue weighted by Crippen LogP contribution is 2.34. The Morgan fingerprint density at radius 3 is 2.79 bits per heavy atom. The van der Waals surface area contributed by atoms with Crippen LogP contribution in [0.2, 0.25) is 0 Å². The SMILES string of the molecule is O=C1CCN2CCc3cccc(c32)C1. The molecular weight excluding hydrogens is 174 g/mol. The summed E-state index contributed by atoms with van der Waals surface area (Å²) in [7, 11) is 0. The third-order valence-electron chi connectivity index (χ3n) is 3.22. The first-order chi connectivity index (χ1) is 6.84. The Morgan fingerprint density at radius 1 is 1.07 bits per heavy atom. The van der Waals surface area contributed by atoms with Crippen molar-refractivity contribution < 1.29 is 4.79 Å². The minimum atomic E-state index is 0.382. The lowest BCUT2D eigenvalue weighted by atomic mass is 10.0. The topological polar surface area (TPSA) is 20.3 Å². The number of anilines is 1. The molecule has 0 unspecified atom stereocenters. The molecule has 3 rings (SSSR count). The van der Waals surface area contributed by atoms with E-state index >= 15 is 0 Å². The average Bonchev–Trinajstić information content (AvgIpc) is 2.51. The fourth-order valence-electron chi connectivity index (χ4n) is 2.55. The van der Waals surface area contributed by atoms with Crippen molar-refractivity contribution in [3.8, 4) is 0 Å². The molecular formula is C12H13NO. The van der Waals surface area contributed by atoms with Crippen molar-refractivity contribution in [1.82, 2.24) is 0 Å². The summed E-state index contributed by atoms with van der Waals surface area (Å²) in [5.41, 5.74) is 4.03. The van der Waals surface area contributed by atoms with Gasteiger partial charge in [-0.2, -0.15) is 0 Å². The molecule has 2 heterocycles. The predicted octanol–water partition coefficient (Wildman–Crippen LogP) is 1.56. The molecule has 0 amide bonds. The maximum atomic E-state index is 11.5. The number of hydrogen-bond donors (Lipinski definition) is 0. The molecule has 0 saturated heterocycles. The molecule has 2 nitrogen and oxygen atoms in total. The molecule has 0 radical (unpaired) electrons. The van der Waals surface area contributed by atoms with Crippen LogP contribution < -0.4 is 4.90 Å². The second-order valence-electron chi connectivity index (χ2n) is 4.13. The monoisotopic (exact) mass is 187 g/mol. The quantitative estimate of drug-likeness (QED) is 0.614. The Hall–Kier alpha value is -1.31. The minimum Gasteiger partial charge on any atom is -0.370 e. The summed E-state index contributed by atoms with van der Waals surface area (Å²) in [6, 6.07) is 6.37. The Bertz CT molecular complexity index is 397. The highest BCUT2D eigenvalue weighted by Gasteiger charge is 2.25. The van der Waals surface area contributed by atoms with Gasteiger partial charge in [0.05, 0.1) is 0 Å².